The first-order valence-corrected chi connectivity index (χ1v) is 7.30. The highest BCUT2D eigenvalue weighted by molar-refractivity contribution is 5.48. The van der Waals surface area contributed by atoms with Crippen LogP contribution in [0.2, 0.25) is 0 Å². The van der Waals surface area contributed by atoms with Crippen LogP contribution in [-0.4, -0.2) is 23.5 Å². The van der Waals surface area contributed by atoms with E-state index in [1.807, 2.05) is 28.9 Å². The van der Waals surface area contributed by atoms with Crippen LogP contribution in [-0.2, 0) is 19.4 Å². The van der Waals surface area contributed by atoms with Gasteiger partial charge in [0.05, 0.1) is 30.7 Å². The molecule has 0 saturated carbocycles. The van der Waals surface area contributed by atoms with Crippen molar-refractivity contribution in [2.75, 3.05) is 19.5 Å². The number of hydrogen-bond acceptors (Lipinski definition) is 4. The third kappa shape index (κ3) is 3.48. The minimum Gasteiger partial charge on any atom is -0.497 e. The summed E-state index contributed by atoms with van der Waals surface area (Å²) in [5.74, 6) is 1.65. The van der Waals surface area contributed by atoms with Crippen molar-refractivity contribution in [1.29, 1.82) is 0 Å². The number of aryl methyl sites for hydroxylation is 1. The third-order valence-electron chi connectivity index (χ3n) is 3.48. The van der Waals surface area contributed by atoms with Gasteiger partial charge in [-0.05, 0) is 37.1 Å². The SMILES string of the molecule is CCc1nn(CCOc2ccc(OC)cc2)c(CC)c1N. The predicted octanol–water partition coefficient (Wildman–Crippen LogP) is 2.68. The Bertz CT molecular complexity index is 576. The van der Waals surface area contributed by atoms with Crippen molar-refractivity contribution in [3.8, 4) is 11.5 Å². The quantitative estimate of drug-likeness (QED) is 0.851. The first-order valence-electron chi connectivity index (χ1n) is 7.30. The molecule has 0 spiro atoms. The molecule has 2 N–H and O–H groups in total. The molecular weight excluding hydrogens is 266 g/mol. The molecule has 0 amide bonds. The molecule has 0 aliphatic heterocycles. The van der Waals surface area contributed by atoms with E-state index in [0.29, 0.717) is 13.2 Å². The standard InChI is InChI=1S/C16H23N3O2/c1-4-14-16(17)15(5-2)19(18-14)10-11-21-13-8-6-12(20-3)7-9-13/h6-9H,4-5,10-11,17H2,1-3H3. The molecule has 5 heteroatoms. The average molecular weight is 289 g/mol. The molecule has 0 aliphatic carbocycles. The lowest BCUT2D eigenvalue weighted by Gasteiger charge is -2.09. The zero-order valence-electron chi connectivity index (χ0n) is 12.9. The molecule has 1 aromatic carbocycles. The molecule has 0 aliphatic rings. The Labute approximate surface area is 125 Å². The number of rotatable bonds is 7. The summed E-state index contributed by atoms with van der Waals surface area (Å²) in [6.07, 6.45) is 1.73. The number of anilines is 1. The van der Waals surface area contributed by atoms with Crippen molar-refractivity contribution in [3.63, 3.8) is 0 Å². The molecule has 2 rings (SSSR count). The average Bonchev–Trinajstić information content (AvgIpc) is 2.83. The molecular formula is C16H23N3O2. The highest BCUT2D eigenvalue weighted by Gasteiger charge is 2.12. The van der Waals surface area contributed by atoms with Gasteiger partial charge >= 0.3 is 0 Å². The highest BCUT2D eigenvalue weighted by atomic mass is 16.5. The Balaban J connectivity index is 1.96. The fraction of sp³-hybridized carbons (Fsp3) is 0.438. The third-order valence-corrected chi connectivity index (χ3v) is 3.48. The van der Waals surface area contributed by atoms with Crippen LogP contribution < -0.4 is 15.2 Å². The van der Waals surface area contributed by atoms with E-state index in [2.05, 4.69) is 18.9 Å². The first kappa shape index (κ1) is 15.2. The van der Waals surface area contributed by atoms with Crippen LogP contribution in [0.1, 0.15) is 25.2 Å². The van der Waals surface area contributed by atoms with Crippen LogP contribution in [0.3, 0.4) is 0 Å². The van der Waals surface area contributed by atoms with E-state index in [0.717, 1.165) is 41.4 Å². The minimum atomic E-state index is 0.559. The van der Waals surface area contributed by atoms with Crippen LogP contribution in [0.15, 0.2) is 24.3 Å². The molecule has 0 radical (unpaired) electrons. The Morgan fingerprint density at radius 1 is 1.10 bits per heavy atom. The lowest BCUT2D eigenvalue weighted by molar-refractivity contribution is 0.288. The van der Waals surface area contributed by atoms with Crippen LogP contribution in [0.5, 0.6) is 11.5 Å². The van der Waals surface area contributed by atoms with Crippen molar-refractivity contribution >= 4 is 5.69 Å². The minimum absolute atomic E-state index is 0.559. The Kier molecular flexibility index (Phi) is 5.09. The zero-order valence-corrected chi connectivity index (χ0v) is 12.9. The van der Waals surface area contributed by atoms with Gasteiger partial charge in [0, 0.05) is 0 Å². The Morgan fingerprint density at radius 2 is 1.76 bits per heavy atom. The molecule has 21 heavy (non-hydrogen) atoms. The summed E-state index contributed by atoms with van der Waals surface area (Å²) in [5.41, 5.74) is 8.98. The van der Waals surface area contributed by atoms with E-state index in [-0.39, 0.29) is 0 Å². The van der Waals surface area contributed by atoms with Crippen molar-refractivity contribution in [2.45, 2.75) is 33.2 Å². The van der Waals surface area contributed by atoms with Gasteiger partial charge in [0.1, 0.15) is 18.1 Å². The second-order valence-electron chi connectivity index (χ2n) is 4.76. The highest BCUT2D eigenvalue weighted by Crippen LogP contribution is 2.19. The fourth-order valence-electron chi connectivity index (χ4n) is 2.31. The van der Waals surface area contributed by atoms with E-state index in [4.69, 9.17) is 15.2 Å². The molecule has 0 bridgehead atoms. The van der Waals surface area contributed by atoms with Crippen molar-refractivity contribution in [1.82, 2.24) is 9.78 Å². The summed E-state index contributed by atoms with van der Waals surface area (Å²) < 4.78 is 12.8. The summed E-state index contributed by atoms with van der Waals surface area (Å²) in [6, 6.07) is 7.56. The van der Waals surface area contributed by atoms with Crippen LogP contribution in [0, 0.1) is 0 Å². The van der Waals surface area contributed by atoms with Crippen LogP contribution in [0.25, 0.3) is 0 Å². The molecule has 5 nitrogen and oxygen atoms in total. The molecule has 114 valence electrons. The smallest absolute Gasteiger partial charge is 0.119 e. The van der Waals surface area contributed by atoms with E-state index in [9.17, 15) is 0 Å². The lowest BCUT2D eigenvalue weighted by atomic mass is 10.2. The number of methoxy groups -OCH3 is 1. The Morgan fingerprint density at radius 3 is 2.33 bits per heavy atom. The number of nitrogens with zero attached hydrogens (tertiary/aromatic N) is 2. The van der Waals surface area contributed by atoms with Gasteiger partial charge in [-0.1, -0.05) is 13.8 Å². The van der Waals surface area contributed by atoms with Crippen molar-refractivity contribution < 1.29 is 9.47 Å². The molecule has 0 fully saturated rings. The van der Waals surface area contributed by atoms with E-state index in [1.54, 1.807) is 7.11 Å². The number of nitrogen functional groups attached to an aromatic ring is 1. The maximum absolute atomic E-state index is 6.10. The first-order chi connectivity index (χ1) is 10.2. The summed E-state index contributed by atoms with van der Waals surface area (Å²) in [4.78, 5) is 0. The monoisotopic (exact) mass is 289 g/mol. The summed E-state index contributed by atoms with van der Waals surface area (Å²) >= 11 is 0. The maximum atomic E-state index is 6.10. The van der Waals surface area contributed by atoms with Gasteiger partial charge < -0.3 is 15.2 Å². The Hall–Kier alpha value is -2.17. The second-order valence-corrected chi connectivity index (χ2v) is 4.76. The van der Waals surface area contributed by atoms with Gasteiger partial charge in [-0.2, -0.15) is 5.10 Å². The topological polar surface area (TPSA) is 62.3 Å². The number of nitrogens with two attached hydrogens (primary N) is 1. The van der Waals surface area contributed by atoms with Gasteiger partial charge in [-0.3, -0.25) is 4.68 Å². The molecule has 1 aromatic heterocycles. The number of hydrogen-bond donors (Lipinski definition) is 1. The summed E-state index contributed by atoms with van der Waals surface area (Å²) in [6.45, 7) is 5.41. The second kappa shape index (κ2) is 7.02. The van der Waals surface area contributed by atoms with Crippen LogP contribution in [0.4, 0.5) is 5.69 Å². The van der Waals surface area contributed by atoms with Gasteiger partial charge in [0.2, 0.25) is 0 Å². The molecule has 1 heterocycles. The van der Waals surface area contributed by atoms with Gasteiger partial charge in [-0.25, -0.2) is 0 Å². The predicted molar refractivity (Wildman–Crippen MR) is 83.9 cm³/mol. The largest absolute Gasteiger partial charge is 0.497 e. The maximum Gasteiger partial charge on any atom is 0.119 e. The zero-order chi connectivity index (χ0) is 15.2. The van der Waals surface area contributed by atoms with Gasteiger partial charge in [0.15, 0.2) is 0 Å². The molecule has 0 atom stereocenters. The van der Waals surface area contributed by atoms with E-state index >= 15 is 0 Å². The summed E-state index contributed by atoms with van der Waals surface area (Å²) in [5, 5.41) is 4.55. The molecule has 0 unspecified atom stereocenters. The normalized spacial score (nSPS) is 10.6. The number of benzene rings is 1. The lowest BCUT2D eigenvalue weighted by Crippen LogP contribution is -2.12. The van der Waals surface area contributed by atoms with E-state index < -0.39 is 0 Å². The van der Waals surface area contributed by atoms with Crippen LogP contribution >= 0.6 is 0 Å². The van der Waals surface area contributed by atoms with Gasteiger partial charge in [-0.15, -0.1) is 0 Å². The number of ether oxygens (including phenoxy) is 2. The molecule has 2 aromatic rings. The van der Waals surface area contributed by atoms with Crippen molar-refractivity contribution in [2.24, 2.45) is 0 Å². The van der Waals surface area contributed by atoms with Gasteiger partial charge in [0.25, 0.3) is 0 Å². The summed E-state index contributed by atoms with van der Waals surface area (Å²) in [7, 11) is 1.65. The molecule has 0 saturated heterocycles. The van der Waals surface area contributed by atoms with E-state index in [1.165, 1.54) is 0 Å². The number of aromatic nitrogens is 2. The van der Waals surface area contributed by atoms with Crippen molar-refractivity contribution in [3.05, 3.63) is 35.7 Å². The fourth-order valence-corrected chi connectivity index (χ4v) is 2.31.